The summed E-state index contributed by atoms with van der Waals surface area (Å²) >= 11 is 1.98. The summed E-state index contributed by atoms with van der Waals surface area (Å²) in [5.41, 5.74) is 0. The van der Waals surface area contributed by atoms with Crippen LogP contribution < -0.4 is 10.6 Å². The Morgan fingerprint density at radius 1 is 1.14 bits per heavy atom. The van der Waals surface area contributed by atoms with Crippen molar-refractivity contribution in [3.05, 3.63) is 42.0 Å². The van der Waals surface area contributed by atoms with Gasteiger partial charge in [-0.05, 0) is 44.7 Å². The van der Waals surface area contributed by atoms with Gasteiger partial charge < -0.3 is 15.2 Å². The molecule has 1 aromatic carbocycles. The number of rotatable bonds is 7. The molecule has 2 aliphatic rings. The van der Waals surface area contributed by atoms with Gasteiger partial charge in [0.1, 0.15) is 12.4 Å². The van der Waals surface area contributed by atoms with Gasteiger partial charge in [-0.25, -0.2) is 4.99 Å². The molecule has 1 saturated carbocycles. The van der Waals surface area contributed by atoms with Gasteiger partial charge in [0.05, 0.1) is 0 Å². The van der Waals surface area contributed by atoms with Crippen LogP contribution in [0.4, 0.5) is 0 Å². The van der Waals surface area contributed by atoms with Crippen molar-refractivity contribution in [3.63, 3.8) is 0 Å². The summed E-state index contributed by atoms with van der Waals surface area (Å²) in [5, 5.41) is 15.7. The highest BCUT2D eigenvalue weighted by Crippen LogP contribution is 2.51. The number of nitrogens with one attached hydrogen (secondary N) is 2. The van der Waals surface area contributed by atoms with E-state index in [4.69, 9.17) is 4.99 Å². The molecule has 0 atom stereocenters. The van der Waals surface area contributed by atoms with Crippen LogP contribution >= 0.6 is 11.8 Å². The van der Waals surface area contributed by atoms with E-state index in [1.165, 1.54) is 37.0 Å². The first-order chi connectivity index (χ1) is 13.8. The molecule has 2 heterocycles. The van der Waals surface area contributed by atoms with Gasteiger partial charge in [0.15, 0.2) is 11.8 Å². The van der Waals surface area contributed by atoms with Crippen molar-refractivity contribution in [2.45, 2.75) is 68.2 Å². The first-order valence-corrected chi connectivity index (χ1v) is 11.3. The second-order valence-electron chi connectivity index (χ2n) is 7.64. The topological polar surface area (TPSA) is 67.1 Å². The smallest absolute Gasteiger partial charge is 0.191 e. The number of fused-ring (bicyclic) bond motifs is 1. The van der Waals surface area contributed by atoms with Crippen LogP contribution in [-0.4, -0.2) is 38.6 Å². The molecule has 1 fully saturated rings. The SMILES string of the molecule is CCNC(=NCc1nnc2n1CCCCC2)NCC1(Sc2ccccc2)CC1. The Labute approximate surface area is 171 Å². The first kappa shape index (κ1) is 19.3. The lowest BCUT2D eigenvalue weighted by Gasteiger charge is -2.18. The van der Waals surface area contributed by atoms with E-state index < -0.39 is 0 Å². The number of aromatic nitrogens is 3. The second kappa shape index (κ2) is 8.99. The lowest BCUT2D eigenvalue weighted by molar-refractivity contribution is 0.605. The molecule has 4 rings (SSSR count). The Balaban J connectivity index is 1.37. The van der Waals surface area contributed by atoms with E-state index in [1.54, 1.807) is 0 Å². The van der Waals surface area contributed by atoms with Gasteiger partial charge in [0, 0.05) is 35.7 Å². The van der Waals surface area contributed by atoms with E-state index in [9.17, 15) is 0 Å². The minimum Gasteiger partial charge on any atom is -0.357 e. The van der Waals surface area contributed by atoms with E-state index in [0.717, 1.165) is 43.7 Å². The van der Waals surface area contributed by atoms with Gasteiger partial charge in [-0.15, -0.1) is 22.0 Å². The maximum Gasteiger partial charge on any atom is 0.191 e. The molecule has 6 nitrogen and oxygen atoms in total. The van der Waals surface area contributed by atoms with Gasteiger partial charge in [-0.3, -0.25) is 0 Å². The zero-order valence-corrected chi connectivity index (χ0v) is 17.5. The number of nitrogens with zero attached hydrogens (tertiary/aromatic N) is 4. The summed E-state index contributed by atoms with van der Waals surface area (Å²) in [7, 11) is 0. The lowest BCUT2D eigenvalue weighted by Crippen LogP contribution is -2.41. The van der Waals surface area contributed by atoms with Gasteiger partial charge in [0.2, 0.25) is 0 Å². The normalized spacial score (nSPS) is 18.2. The standard InChI is InChI=1S/C21H30N6S/c1-2-22-20(23-15-19-26-25-18-11-7-4-8-14-27(18)19)24-16-21(12-13-21)28-17-9-5-3-6-10-17/h3,5-6,9-10H,2,4,7-8,11-16H2,1H3,(H2,22,23,24). The lowest BCUT2D eigenvalue weighted by atomic mass is 10.2. The molecular weight excluding hydrogens is 368 g/mol. The molecule has 150 valence electrons. The third-order valence-corrected chi connectivity index (χ3v) is 6.87. The average Bonchev–Trinajstić information content (AvgIpc) is 3.43. The monoisotopic (exact) mass is 398 g/mol. The van der Waals surface area contributed by atoms with Crippen LogP contribution in [-0.2, 0) is 19.5 Å². The molecule has 1 aliphatic heterocycles. The van der Waals surface area contributed by atoms with Crippen molar-refractivity contribution in [1.82, 2.24) is 25.4 Å². The van der Waals surface area contributed by atoms with Crippen molar-refractivity contribution in [3.8, 4) is 0 Å². The van der Waals surface area contributed by atoms with Gasteiger partial charge in [-0.1, -0.05) is 24.6 Å². The Kier molecular flexibility index (Phi) is 6.20. The van der Waals surface area contributed by atoms with Crippen molar-refractivity contribution in [2.24, 2.45) is 4.99 Å². The fraction of sp³-hybridized carbons (Fsp3) is 0.571. The van der Waals surface area contributed by atoms with E-state index >= 15 is 0 Å². The maximum atomic E-state index is 4.79. The van der Waals surface area contributed by atoms with E-state index in [1.807, 2.05) is 11.8 Å². The predicted molar refractivity (Wildman–Crippen MR) is 115 cm³/mol. The van der Waals surface area contributed by atoms with Gasteiger partial charge in [0.25, 0.3) is 0 Å². The largest absolute Gasteiger partial charge is 0.357 e. The number of guanidine groups is 1. The van der Waals surface area contributed by atoms with Gasteiger partial charge in [-0.2, -0.15) is 0 Å². The zero-order chi connectivity index (χ0) is 19.2. The van der Waals surface area contributed by atoms with Gasteiger partial charge >= 0.3 is 0 Å². The number of aryl methyl sites for hydroxylation is 1. The molecule has 28 heavy (non-hydrogen) atoms. The minimum absolute atomic E-state index is 0.295. The molecule has 1 aliphatic carbocycles. The summed E-state index contributed by atoms with van der Waals surface area (Å²) in [4.78, 5) is 6.14. The summed E-state index contributed by atoms with van der Waals surface area (Å²) in [6.07, 6.45) is 7.23. The van der Waals surface area contributed by atoms with E-state index in [-0.39, 0.29) is 0 Å². The maximum absolute atomic E-state index is 4.79. The van der Waals surface area contributed by atoms with Crippen LogP contribution in [0.2, 0.25) is 0 Å². The number of aliphatic imine (C=N–C) groups is 1. The highest BCUT2D eigenvalue weighted by atomic mass is 32.2. The summed E-state index contributed by atoms with van der Waals surface area (Å²) in [5.74, 6) is 2.97. The molecule has 0 saturated heterocycles. The fourth-order valence-electron chi connectivity index (χ4n) is 3.59. The quantitative estimate of drug-likeness (QED) is 0.553. The molecule has 0 bridgehead atoms. The molecule has 2 aromatic rings. The highest BCUT2D eigenvalue weighted by Gasteiger charge is 2.43. The van der Waals surface area contributed by atoms with Crippen LogP contribution in [0.15, 0.2) is 40.2 Å². The van der Waals surface area contributed by atoms with E-state index in [2.05, 4.69) is 62.7 Å². The molecule has 0 unspecified atom stereocenters. The second-order valence-corrected chi connectivity index (χ2v) is 9.18. The Morgan fingerprint density at radius 2 is 2.00 bits per heavy atom. The van der Waals surface area contributed by atoms with Crippen molar-refractivity contribution in [2.75, 3.05) is 13.1 Å². The van der Waals surface area contributed by atoms with Crippen molar-refractivity contribution >= 4 is 17.7 Å². The Morgan fingerprint density at radius 3 is 2.79 bits per heavy atom. The van der Waals surface area contributed by atoms with Crippen LogP contribution in [0.3, 0.4) is 0 Å². The van der Waals surface area contributed by atoms with Crippen LogP contribution in [0, 0.1) is 0 Å². The summed E-state index contributed by atoms with van der Waals surface area (Å²) in [6, 6.07) is 10.7. The summed E-state index contributed by atoms with van der Waals surface area (Å²) in [6.45, 7) is 5.47. The van der Waals surface area contributed by atoms with E-state index in [0.29, 0.717) is 11.3 Å². The van der Waals surface area contributed by atoms with Crippen LogP contribution in [0.5, 0.6) is 0 Å². The molecule has 0 radical (unpaired) electrons. The minimum atomic E-state index is 0.295. The highest BCUT2D eigenvalue weighted by molar-refractivity contribution is 8.01. The first-order valence-electron chi connectivity index (χ1n) is 10.5. The van der Waals surface area contributed by atoms with Crippen LogP contribution in [0.1, 0.15) is 50.7 Å². The molecule has 1 aromatic heterocycles. The summed E-state index contributed by atoms with van der Waals surface area (Å²) < 4.78 is 2.57. The molecule has 7 heteroatoms. The number of thioether (sulfide) groups is 1. The Bertz CT molecular complexity index is 796. The number of hydrogen-bond acceptors (Lipinski definition) is 4. The van der Waals surface area contributed by atoms with Crippen LogP contribution in [0.25, 0.3) is 0 Å². The fourth-order valence-corrected chi connectivity index (χ4v) is 4.84. The van der Waals surface area contributed by atoms with Crippen molar-refractivity contribution in [1.29, 1.82) is 0 Å². The number of benzene rings is 1. The molecule has 0 spiro atoms. The third-order valence-electron chi connectivity index (χ3n) is 5.37. The average molecular weight is 399 g/mol. The number of hydrogen-bond donors (Lipinski definition) is 2. The van der Waals surface area contributed by atoms with Crippen molar-refractivity contribution < 1.29 is 0 Å². The molecule has 0 amide bonds. The Hall–Kier alpha value is -2.02. The predicted octanol–water partition coefficient (Wildman–Crippen LogP) is 3.38. The zero-order valence-electron chi connectivity index (χ0n) is 16.7. The molecular formula is C21H30N6S. The molecule has 2 N–H and O–H groups in total. The third kappa shape index (κ3) is 4.87.